The summed E-state index contributed by atoms with van der Waals surface area (Å²) in [5.41, 5.74) is 1.75. The summed E-state index contributed by atoms with van der Waals surface area (Å²) < 4.78 is 15.9. The number of nitrogens with one attached hydrogen (secondary N) is 1. The molecule has 1 saturated heterocycles. The first-order valence-corrected chi connectivity index (χ1v) is 10.1. The number of carbonyl (C=O) groups is 2. The van der Waals surface area contributed by atoms with Crippen molar-refractivity contribution in [3.05, 3.63) is 29.7 Å². The maximum Gasteiger partial charge on any atom is 0.270 e. The van der Waals surface area contributed by atoms with Gasteiger partial charge in [-0.1, -0.05) is 13.8 Å². The van der Waals surface area contributed by atoms with Crippen LogP contribution in [0.5, 0.6) is 0 Å². The highest BCUT2D eigenvalue weighted by Gasteiger charge is 2.31. The molecule has 0 atom stereocenters. The third-order valence-corrected chi connectivity index (χ3v) is 5.48. The molecule has 1 N–H and O–H groups in total. The van der Waals surface area contributed by atoms with Crippen LogP contribution < -0.4 is 10.2 Å². The van der Waals surface area contributed by atoms with Crippen LogP contribution in [0.3, 0.4) is 0 Å². The number of aryl methyl sites for hydroxylation is 1. The molecule has 1 aliphatic heterocycles. The fourth-order valence-electron chi connectivity index (χ4n) is 3.98. The highest BCUT2D eigenvalue weighted by molar-refractivity contribution is 6.14. The summed E-state index contributed by atoms with van der Waals surface area (Å²) in [5.74, 6) is -0.612. The Hall–Kier alpha value is -2.41. The molecule has 2 heterocycles. The Morgan fingerprint density at radius 2 is 2.00 bits per heavy atom. The fourth-order valence-corrected chi connectivity index (χ4v) is 3.98. The van der Waals surface area contributed by atoms with Crippen molar-refractivity contribution in [1.29, 1.82) is 0 Å². The van der Waals surface area contributed by atoms with Crippen LogP contribution in [0.1, 0.15) is 44.1 Å². The molecule has 0 aliphatic carbocycles. The third-order valence-electron chi connectivity index (χ3n) is 5.48. The van der Waals surface area contributed by atoms with E-state index in [1.165, 1.54) is 12.1 Å². The minimum absolute atomic E-state index is 0.0170. The van der Waals surface area contributed by atoms with Gasteiger partial charge in [-0.2, -0.15) is 0 Å². The van der Waals surface area contributed by atoms with Gasteiger partial charge in [-0.3, -0.25) is 9.59 Å². The van der Waals surface area contributed by atoms with Crippen molar-refractivity contribution in [2.75, 3.05) is 37.6 Å². The first-order chi connectivity index (χ1) is 13.5. The molecule has 1 aromatic heterocycles. The molecule has 2 amide bonds. The number of amides is 2. The molecular weight excluding hydrogens is 359 g/mol. The number of nitrogens with zero attached hydrogens (tertiary/aromatic N) is 3. The standard InChI is InChI=1S/C21H29FN4O2/c1-4-24(5-2)13-11-23-21(28)20-19(26-12-7-8-18(26)27)16-14-15(22)9-10-17(16)25(20)6-3/h9-10,14H,4-8,11-13H2,1-3H3,(H,23,28). The summed E-state index contributed by atoms with van der Waals surface area (Å²) >= 11 is 0. The van der Waals surface area contributed by atoms with E-state index in [1.807, 2.05) is 11.5 Å². The molecule has 0 saturated carbocycles. The van der Waals surface area contributed by atoms with Gasteiger partial charge in [-0.05, 0) is 44.6 Å². The highest BCUT2D eigenvalue weighted by atomic mass is 19.1. The van der Waals surface area contributed by atoms with Gasteiger partial charge in [-0.15, -0.1) is 0 Å². The second kappa shape index (κ2) is 8.73. The number of aromatic nitrogens is 1. The Morgan fingerprint density at radius 1 is 1.25 bits per heavy atom. The van der Waals surface area contributed by atoms with E-state index in [0.717, 1.165) is 31.6 Å². The topological polar surface area (TPSA) is 57.6 Å². The summed E-state index contributed by atoms with van der Waals surface area (Å²) in [4.78, 5) is 29.5. The van der Waals surface area contributed by atoms with Gasteiger partial charge < -0.3 is 19.7 Å². The fraction of sp³-hybridized carbons (Fsp3) is 0.524. The zero-order chi connectivity index (χ0) is 20.3. The monoisotopic (exact) mass is 388 g/mol. The van der Waals surface area contributed by atoms with Gasteiger partial charge in [-0.25, -0.2) is 4.39 Å². The normalized spacial score (nSPS) is 14.5. The number of fused-ring (bicyclic) bond motifs is 1. The largest absolute Gasteiger partial charge is 0.349 e. The molecule has 0 unspecified atom stereocenters. The lowest BCUT2D eigenvalue weighted by molar-refractivity contribution is -0.117. The van der Waals surface area contributed by atoms with E-state index in [2.05, 4.69) is 24.1 Å². The van der Waals surface area contributed by atoms with Gasteiger partial charge in [0.2, 0.25) is 5.91 Å². The van der Waals surface area contributed by atoms with Crippen LogP contribution in [-0.2, 0) is 11.3 Å². The maximum absolute atomic E-state index is 14.0. The van der Waals surface area contributed by atoms with Crippen LogP contribution in [0.15, 0.2) is 18.2 Å². The van der Waals surface area contributed by atoms with Gasteiger partial charge in [0.25, 0.3) is 5.91 Å². The van der Waals surface area contributed by atoms with E-state index in [-0.39, 0.29) is 17.6 Å². The molecule has 1 fully saturated rings. The minimum Gasteiger partial charge on any atom is -0.349 e. The lowest BCUT2D eigenvalue weighted by Crippen LogP contribution is -2.36. The molecule has 1 aliphatic rings. The SMILES string of the molecule is CCN(CC)CCNC(=O)c1c(N2CCCC2=O)c2cc(F)ccc2n1CC. The number of halogens is 1. The third kappa shape index (κ3) is 3.76. The smallest absolute Gasteiger partial charge is 0.270 e. The number of hydrogen-bond acceptors (Lipinski definition) is 3. The lowest BCUT2D eigenvalue weighted by Gasteiger charge is -2.20. The molecule has 1 aromatic carbocycles. The highest BCUT2D eigenvalue weighted by Crippen LogP contribution is 2.37. The van der Waals surface area contributed by atoms with Crippen molar-refractivity contribution in [2.24, 2.45) is 0 Å². The van der Waals surface area contributed by atoms with Gasteiger partial charge >= 0.3 is 0 Å². The van der Waals surface area contributed by atoms with Crippen LogP contribution in [0.25, 0.3) is 10.9 Å². The second-order valence-corrected chi connectivity index (χ2v) is 7.03. The van der Waals surface area contributed by atoms with Crippen LogP contribution in [0.4, 0.5) is 10.1 Å². The Bertz CT molecular complexity index is 873. The van der Waals surface area contributed by atoms with E-state index in [1.54, 1.807) is 11.0 Å². The van der Waals surface area contributed by atoms with Gasteiger partial charge in [0, 0.05) is 38.0 Å². The second-order valence-electron chi connectivity index (χ2n) is 7.03. The van der Waals surface area contributed by atoms with Crippen molar-refractivity contribution in [3.63, 3.8) is 0 Å². The van der Waals surface area contributed by atoms with Crippen molar-refractivity contribution in [1.82, 2.24) is 14.8 Å². The average Bonchev–Trinajstić information content (AvgIpc) is 3.24. The zero-order valence-corrected chi connectivity index (χ0v) is 16.9. The van der Waals surface area contributed by atoms with E-state index in [4.69, 9.17) is 0 Å². The predicted molar refractivity (Wildman–Crippen MR) is 109 cm³/mol. The van der Waals surface area contributed by atoms with Crippen molar-refractivity contribution in [3.8, 4) is 0 Å². The summed E-state index contributed by atoms with van der Waals surface area (Å²) in [5, 5.41) is 3.61. The van der Waals surface area contributed by atoms with E-state index >= 15 is 0 Å². The number of hydrogen-bond donors (Lipinski definition) is 1. The Morgan fingerprint density at radius 3 is 2.61 bits per heavy atom. The van der Waals surface area contributed by atoms with Crippen LogP contribution in [-0.4, -0.2) is 54.0 Å². The molecule has 2 aromatic rings. The van der Waals surface area contributed by atoms with E-state index < -0.39 is 0 Å². The van der Waals surface area contributed by atoms with Gasteiger partial charge in [0.05, 0.1) is 11.2 Å². The molecule has 0 radical (unpaired) electrons. The molecule has 0 bridgehead atoms. The number of rotatable bonds is 8. The van der Waals surface area contributed by atoms with Crippen molar-refractivity contribution < 1.29 is 14.0 Å². The first kappa shape index (κ1) is 20.3. The summed E-state index contributed by atoms with van der Waals surface area (Å²) in [6, 6.07) is 4.51. The average molecular weight is 388 g/mol. The molecule has 3 rings (SSSR count). The summed E-state index contributed by atoms with van der Waals surface area (Å²) in [6.07, 6.45) is 1.20. The van der Waals surface area contributed by atoms with Gasteiger partial charge in [0.1, 0.15) is 11.5 Å². The van der Waals surface area contributed by atoms with E-state index in [0.29, 0.717) is 42.8 Å². The van der Waals surface area contributed by atoms with Gasteiger partial charge in [0.15, 0.2) is 0 Å². The summed E-state index contributed by atoms with van der Waals surface area (Å²) in [6.45, 7) is 10.4. The minimum atomic E-state index is -0.373. The molecule has 6 nitrogen and oxygen atoms in total. The molecule has 0 spiro atoms. The number of carbonyl (C=O) groups excluding carboxylic acids is 2. The molecule has 7 heteroatoms. The first-order valence-electron chi connectivity index (χ1n) is 10.1. The number of likely N-dealkylation sites (N-methyl/N-ethyl adjacent to an activating group) is 1. The number of benzene rings is 1. The Labute approximate surface area is 165 Å². The Balaban J connectivity index is 2.02. The summed E-state index contributed by atoms with van der Waals surface area (Å²) in [7, 11) is 0. The lowest BCUT2D eigenvalue weighted by atomic mass is 10.2. The maximum atomic E-state index is 14.0. The van der Waals surface area contributed by atoms with Crippen molar-refractivity contribution >= 4 is 28.4 Å². The molecule has 28 heavy (non-hydrogen) atoms. The number of anilines is 1. The molecule has 152 valence electrons. The predicted octanol–water partition coefficient (Wildman–Crippen LogP) is 3.00. The zero-order valence-electron chi connectivity index (χ0n) is 16.9. The van der Waals surface area contributed by atoms with Crippen LogP contribution in [0.2, 0.25) is 0 Å². The molecular formula is C21H29FN4O2. The van der Waals surface area contributed by atoms with Crippen molar-refractivity contribution in [2.45, 2.75) is 40.2 Å². The Kier molecular flexibility index (Phi) is 6.34. The quantitative estimate of drug-likeness (QED) is 0.756. The van der Waals surface area contributed by atoms with Crippen LogP contribution in [0, 0.1) is 5.82 Å². The van der Waals surface area contributed by atoms with Crippen LogP contribution >= 0.6 is 0 Å². The van der Waals surface area contributed by atoms with E-state index in [9.17, 15) is 14.0 Å².